The molecular weight excluding hydrogens is 420 g/mol. The van der Waals surface area contributed by atoms with E-state index >= 15 is 0 Å². The zero-order valence-corrected chi connectivity index (χ0v) is 21.0. The highest BCUT2D eigenvalue weighted by Crippen LogP contribution is 2.20. The van der Waals surface area contributed by atoms with Gasteiger partial charge in [0.15, 0.2) is 0 Å². The molecule has 0 fully saturated rings. The molecule has 1 atom stereocenters. The van der Waals surface area contributed by atoms with Crippen molar-refractivity contribution < 1.29 is 9.59 Å². The molecule has 0 aliphatic carbocycles. The molecule has 0 aromatic heterocycles. The van der Waals surface area contributed by atoms with Crippen molar-refractivity contribution in [3.05, 3.63) is 107 Å². The van der Waals surface area contributed by atoms with Crippen LogP contribution in [0.4, 0.5) is 0 Å². The van der Waals surface area contributed by atoms with Gasteiger partial charge in [-0.3, -0.25) is 9.59 Å². The first-order valence-corrected chi connectivity index (χ1v) is 11.9. The van der Waals surface area contributed by atoms with E-state index < -0.39 is 11.6 Å². The third-order valence-electron chi connectivity index (χ3n) is 5.97. The van der Waals surface area contributed by atoms with Crippen LogP contribution in [-0.2, 0) is 29.0 Å². The minimum atomic E-state index is -0.627. The van der Waals surface area contributed by atoms with E-state index in [1.807, 2.05) is 113 Å². The second kappa shape index (κ2) is 11.1. The normalized spacial score (nSPS) is 12.1. The van der Waals surface area contributed by atoms with Crippen molar-refractivity contribution in [3.8, 4) is 0 Å². The van der Waals surface area contributed by atoms with Crippen molar-refractivity contribution in [2.24, 2.45) is 0 Å². The third kappa shape index (κ3) is 7.05. The van der Waals surface area contributed by atoms with E-state index in [1.165, 1.54) is 0 Å². The summed E-state index contributed by atoms with van der Waals surface area (Å²) in [4.78, 5) is 29.2. The van der Waals surface area contributed by atoms with Crippen LogP contribution in [0.5, 0.6) is 0 Å². The van der Waals surface area contributed by atoms with Crippen molar-refractivity contribution in [1.82, 2.24) is 10.2 Å². The summed E-state index contributed by atoms with van der Waals surface area (Å²) in [7, 11) is 0. The summed E-state index contributed by atoms with van der Waals surface area (Å²) in [5.41, 5.74) is 4.82. The molecule has 0 bridgehead atoms. The van der Waals surface area contributed by atoms with Crippen molar-refractivity contribution >= 4 is 11.8 Å². The molecular formula is C30H36N2O2. The number of hydrogen-bond donors (Lipinski definition) is 1. The number of rotatable bonds is 8. The Morgan fingerprint density at radius 3 is 1.88 bits per heavy atom. The van der Waals surface area contributed by atoms with Crippen molar-refractivity contribution in [1.29, 1.82) is 0 Å². The maximum absolute atomic E-state index is 13.8. The molecule has 4 nitrogen and oxygen atoms in total. The van der Waals surface area contributed by atoms with Crippen LogP contribution in [0.2, 0.25) is 0 Å². The Morgan fingerprint density at radius 2 is 1.32 bits per heavy atom. The summed E-state index contributed by atoms with van der Waals surface area (Å²) in [5.74, 6) is -0.189. The molecule has 178 valence electrons. The summed E-state index contributed by atoms with van der Waals surface area (Å²) in [6.07, 6.45) is 0.709. The van der Waals surface area contributed by atoms with Crippen LogP contribution in [0.1, 0.15) is 48.6 Å². The largest absolute Gasteiger partial charge is 0.350 e. The maximum Gasteiger partial charge on any atom is 0.243 e. The molecule has 0 saturated heterocycles. The van der Waals surface area contributed by atoms with E-state index in [0.29, 0.717) is 13.0 Å². The number of nitrogens with one attached hydrogen (secondary N) is 1. The Morgan fingerprint density at radius 1 is 0.794 bits per heavy atom. The van der Waals surface area contributed by atoms with Crippen molar-refractivity contribution in [2.75, 3.05) is 0 Å². The van der Waals surface area contributed by atoms with Crippen LogP contribution in [-0.4, -0.2) is 28.3 Å². The molecule has 1 unspecified atom stereocenters. The van der Waals surface area contributed by atoms with Crippen molar-refractivity contribution in [3.63, 3.8) is 0 Å². The van der Waals surface area contributed by atoms with E-state index in [2.05, 4.69) is 5.32 Å². The van der Waals surface area contributed by atoms with Gasteiger partial charge in [-0.15, -0.1) is 0 Å². The van der Waals surface area contributed by atoms with E-state index in [4.69, 9.17) is 0 Å². The monoisotopic (exact) mass is 456 g/mol. The first-order valence-electron chi connectivity index (χ1n) is 11.9. The van der Waals surface area contributed by atoms with Gasteiger partial charge in [-0.2, -0.15) is 0 Å². The van der Waals surface area contributed by atoms with Gasteiger partial charge in [-0.25, -0.2) is 0 Å². The minimum Gasteiger partial charge on any atom is -0.350 e. The summed E-state index contributed by atoms with van der Waals surface area (Å²) in [6.45, 7) is 10.3. The average Bonchev–Trinajstić information content (AvgIpc) is 2.78. The fourth-order valence-electron chi connectivity index (χ4n) is 4.05. The fourth-order valence-corrected chi connectivity index (χ4v) is 4.05. The lowest BCUT2D eigenvalue weighted by Crippen LogP contribution is -2.54. The van der Waals surface area contributed by atoms with Gasteiger partial charge in [0, 0.05) is 18.5 Å². The van der Waals surface area contributed by atoms with Crippen LogP contribution in [0.25, 0.3) is 0 Å². The molecule has 34 heavy (non-hydrogen) atoms. The van der Waals surface area contributed by atoms with Gasteiger partial charge in [0.05, 0.1) is 6.42 Å². The fraction of sp³-hybridized carbons (Fsp3) is 0.333. The number of amides is 2. The number of hydrogen-bond acceptors (Lipinski definition) is 2. The van der Waals surface area contributed by atoms with Crippen LogP contribution >= 0.6 is 0 Å². The molecule has 0 heterocycles. The Bertz CT molecular complexity index is 1120. The second-order valence-electron chi connectivity index (χ2n) is 10.00. The van der Waals surface area contributed by atoms with Crippen LogP contribution < -0.4 is 5.32 Å². The lowest BCUT2D eigenvalue weighted by molar-refractivity contribution is -0.141. The summed E-state index contributed by atoms with van der Waals surface area (Å²) in [5, 5.41) is 3.12. The first kappa shape index (κ1) is 25.2. The number of benzene rings is 3. The third-order valence-corrected chi connectivity index (χ3v) is 5.97. The zero-order valence-electron chi connectivity index (χ0n) is 21.0. The second-order valence-corrected chi connectivity index (χ2v) is 10.00. The topological polar surface area (TPSA) is 49.4 Å². The van der Waals surface area contributed by atoms with Gasteiger partial charge in [0.25, 0.3) is 0 Å². The quantitative estimate of drug-likeness (QED) is 0.493. The number of carbonyl (C=O) groups excluding carboxylic acids is 2. The zero-order chi connectivity index (χ0) is 24.7. The molecule has 3 rings (SSSR count). The molecule has 0 spiro atoms. The molecule has 3 aromatic rings. The van der Waals surface area contributed by atoms with Crippen LogP contribution in [0, 0.1) is 13.8 Å². The molecule has 2 amide bonds. The lowest BCUT2D eigenvalue weighted by atomic mass is 9.98. The van der Waals surface area contributed by atoms with Crippen LogP contribution in [0.3, 0.4) is 0 Å². The number of nitrogens with zero attached hydrogens (tertiary/aromatic N) is 1. The molecule has 3 aromatic carbocycles. The Labute approximate surface area is 204 Å². The predicted octanol–water partition coefficient (Wildman–Crippen LogP) is 5.40. The van der Waals surface area contributed by atoms with Gasteiger partial charge in [-0.05, 0) is 62.4 Å². The molecule has 4 heteroatoms. The Kier molecular flexibility index (Phi) is 8.27. The highest BCUT2D eigenvalue weighted by atomic mass is 16.2. The Hall–Kier alpha value is -3.40. The SMILES string of the molecule is Cc1ccccc1CC(=O)N(Cc1ccccc1C)C(Cc1ccccc1)C(=O)NC(C)(C)C. The molecule has 0 aliphatic heterocycles. The van der Waals surface area contributed by atoms with Gasteiger partial charge in [0.1, 0.15) is 6.04 Å². The van der Waals surface area contributed by atoms with Gasteiger partial charge in [-0.1, -0.05) is 78.9 Å². The number of carbonyl (C=O) groups is 2. The van der Waals surface area contributed by atoms with Gasteiger partial charge >= 0.3 is 0 Å². The van der Waals surface area contributed by atoms with E-state index in [-0.39, 0.29) is 18.2 Å². The summed E-state index contributed by atoms with van der Waals surface area (Å²) in [6, 6.07) is 25.3. The lowest BCUT2D eigenvalue weighted by Gasteiger charge is -2.34. The predicted molar refractivity (Wildman–Crippen MR) is 138 cm³/mol. The van der Waals surface area contributed by atoms with E-state index in [1.54, 1.807) is 4.90 Å². The molecule has 1 N–H and O–H groups in total. The molecule has 0 saturated carbocycles. The standard InChI is InChI=1S/C30H36N2O2/c1-22-13-9-11-17-25(22)20-28(33)32(21-26-18-12-10-14-23(26)2)27(29(34)31-30(3,4)5)19-24-15-7-6-8-16-24/h6-18,27H,19-21H2,1-5H3,(H,31,34). The summed E-state index contributed by atoms with van der Waals surface area (Å²) >= 11 is 0. The average molecular weight is 457 g/mol. The highest BCUT2D eigenvalue weighted by Gasteiger charge is 2.32. The Balaban J connectivity index is 2.01. The minimum absolute atomic E-state index is 0.0532. The number of aryl methyl sites for hydroxylation is 2. The molecule has 0 radical (unpaired) electrons. The van der Waals surface area contributed by atoms with E-state index in [9.17, 15) is 9.59 Å². The highest BCUT2D eigenvalue weighted by molar-refractivity contribution is 5.89. The first-order chi connectivity index (χ1) is 16.1. The van der Waals surface area contributed by atoms with Gasteiger partial charge in [0.2, 0.25) is 11.8 Å². The van der Waals surface area contributed by atoms with Gasteiger partial charge < -0.3 is 10.2 Å². The van der Waals surface area contributed by atoms with Crippen LogP contribution in [0.15, 0.2) is 78.9 Å². The molecule has 0 aliphatic rings. The smallest absolute Gasteiger partial charge is 0.243 e. The van der Waals surface area contributed by atoms with E-state index in [0.717, 1.165) is 27.8 Å². The van der Waals surface area contributed by atoms with Crippen molar-refractivity contribution in [2.45, 2.75) is 65.6 Å². The summed E-state index contributed by atoms with van der Waals surface area (Å²) < 4.78 is 0. The maximum atomic E-state index is 13.8.